The first-order chi connectivity index (χ1) is 8.09. The van der Waals surface area contributed by atoms with Crippen LogP contribution < -0.4 is 11.2 Å². The van der Waals surface area contributed by atoms with E-state index in [4.69, 9.17) is 11.6 Å². The minimum absolute atomic E-state index is 0.0178. The van der Waals surface area contributed by atoms with Crippen molar-refractivity contribution in [1.29, 1.82) is 0 Å². The Bertz CT molecular complexity index is 631. The number of aromatic nitrogens is 4. The molecule has 1 N–H and O–H groups in total. The van der Waals surface area contributed by atoms with E-state index < -0.39 is 22.2 Å². The van der Waals surface area contributed by atoms with Crippen LogP contribution >= 0.6 is 11.6 Å². The van der Waals surface area contributed by atoms with E-state index in [9.17, 15) is 14.0 Å². The fourth-order valence-electron chi connectivity index (χ4n) is 1.36. The van der Waals surface area contributed by atoms with Crippen LogP contribution in [0.25, 0.3) is 0 Å². The van der Waals surface area contributed by atoms with Crippen molar-refractivity contribution in [2.24, 2.45) is 0 Å². The molecule has 2 heterocycles. The van der Waals surface area contributed by atoms with Gasteiger partial charge in [-0.1, -0.05) is 11.6 Å². The summed E-state index contributed by atoms with van der Waals surface area (Å²) in [5.74, 6) is -1.16. The van der Waals surface area contributed by atoms with E-state index in [0.29, 0.717) is 0 Å². The third-order valence-corrected chi connectivity index (χ3v) is 2.46. The monoisotopic (exact) mass is 258 g/mol. The first-order valence-corrected chi connectivity index (χ1v) is 5.13. The van der Waals surface area contributed by atoms with Gasteiger partial charge in [0.25, 0.3) is 5.56 Å². The van der Waals surface area contributed by atoms with Gasteiger partial charge in [-0.25, -0.2) is 4.79 Å². The van der Waals surface area contributed by atoms with Crippen molar-refractivity contribution < 1.29 is 4.39 Å². The van der Waals surface area contributed by atoms with Crippen molar-refractivity contribution in [1.82, 2.24) is 19.3 Å². The standard InChI is InChI=1S/C9H8ClFN4O2/c10-7-6(11)8(16)15(9(17)13-7)5-4-14-3-1-2-12-14/h1-3H,4-5H2,(H,13,17). The molecule has 2 rings (SSSR count). The van der Waals surface area contributed by atoms with Crippen LogP contribution in [0.1, 0.15) is 0 Å². The molecule has 0 aliphatic rings. The second-order valence-corrected chi connectivity index (χ2v) is 3.66. The summed E-state index contributed by atoms with van der Waals surface area (Å²) >= 11 is 5.33. The number of nitrogens with zero attached hydrogens (tertiary/aromatic N) is 3. The molecular weight excluding hydrogens is 251 g/mol. The highest BCUT2D eigenvalue weighted by Crippen LogP contribution is 2.02. The highest BCUT2D eigenvalue weighted by molar-refractivity contribution is 6.29. The van der Waals surface area contributed by atoms with E-state index in [1.54, 1.807) is 18.5 Å². The average Bonchev–Trinajstić information content (AvgIpc) is 2.79. The molecule has 0 saturated heterocycles. The zero-order valence-electron chi connectivity index (χ0n) is 8.56. The fraction of sp³-hybridized carbons (Fsp3) is 0.222. The summed E-state index contributed by atoms with van der Waals surface area (Å²) in [5, 5.41) is 3.33. The van der Waals surface area contributed by atoms with Crippen LogP contribution in [-0.2, 0) is 13.1 Å². The SMILES string of the molecule is O=c1[nH]c(Cl)c(F)c(=O)n1CCn1cccn1. The van der Waals surface area contributed by atoms with Crippen LogP contribution in [0, 0.1) is 5.82 Å². The molecule has 2 aromatic rings. The lowest BCUT2D eigenvalue weighted by Crippen LogP contribution is -2.38. The predicted octanol–water partition coefficient (Wildman–Crippen LogP) is 0.226. The average molecular weight is 259 g/mol. The fourth-order valence-corrected chi connectivity index (χ4v) is 1.52. The van der Waals surface area contributed by atoms with Crippen LogP contribution in [0.2, 0.25) is 5.15 Å². The quantitative estimate of drug-likeness (QED) is 0.801. The highest BCUT2D eigenvalue weighted by Gasteiger charge is 2.11. The van der Waals surface area contributed by atoms with Gasteiger partial charge in [0, 0.05) is 12.4 Å². The summed E-state index contributed by atoms with van der Waals surface area (Å²) in [5.41, 5.74) is -1.78. The van der Waals surface area contributed by atoms with Crippen LogP contribution in [0.4, 0.5) is 4.39 Å². The molecule has 0 spiro atoms. The number of rotatable bonds is 3. The number of aromatic amines is 1. The van der Waals surface area contributed by atoms with Crippen molar-refractivity contribution in [3.8, 4) is 0 Å². The molecule has 0 aliphatic heterocycles. The lowest BCUT2D eigenvalue weighted by atomic mass is 10.5. The number of aryl methyl sites for hydroxylation is 1. The molecule has 0 radical (unpaired) electrons. The molecule has 90 valence electrons. The first kappa shape index (κ1) is 11.6. The number of hydrogen-bond acceptors (Lipinski definition) is 3. The van der Waals surface area contributed by atoms with Crippen LogP contribution in [0.5, 0.6) is 0 Å². The van der Waals surface area contributed by atoms with Gasteiger partial charge >= 0.3 is 5.69 Å². The minimum Gasteiger partial charge on any atom is -0.295 e. The van der Waals surface area contributed by atoms with Gasteiger partial charge in [0.05, 0.1) is 13.1 Å². The molecule has 17 heavy (non-hydrogen) atoms. The number of H-pyrrole nitrogens is 1. The number of halogens is 2. The molecule has 2 aromatic heterocycles. The third kappa shape index (κ3) is 2.28. The Morgan fingerprint density at radius 1 is 1.41 bits per heavy atom. The summed E-state index contributed by atoms with van der Waals surface area (Å²) in [6, 6.07) is 1.70. The second-order valence-electron chi connectivity index (χ2n) is 3.28. The van der Waals surface area contributed by atoms with Crippen LogP contribution in [0.3, 0.4) is 0 Å². The first-order valence-electron chi connectivity index (χ1n) is 4.75. The Morgan fingerprint density at radius 2 is 2.18 bits per heavy atom. The number of hydrogen-bond donors (Lipinski definition) is 1. The maximum Gasteiger partial charge on any atom is 0.329 e. The van der Waals surface area contributed by atoms with Gasteiger partial charge in [0.1, 0.15) is 0 Å². The van der Waals surface area contributed by atoms with E-state index in [1.807, 2.05) is 4.98 Å². The normalized spacial score (nSPS) is 10.7. The Kier molecular flexibility index (Phi) is 3.10. The summed E-state index contributed by atoms with van der Waals surface area (Å²) in [7, 11) is 0. The van der Waals surface area contributed by atoms with Gasteiger partial charge in [0.2, 0.25) is 5.82 Å². The van der Waals surface area contributed by atoms with Gasteiger partial charge in [-0.2, -0.15) is 9.49 Å². The van der Waals surface area contributed by atoms with Gasteiger partial charge in [0.15, 0.2) is 5.15 Å². The largest absolute Gasteiger partial charge is 0.329 e. The van der Waals surface area contributed by atoms with Crippen LogP contribution in [0.15, 0.2) is 28.0 Å². The van der Waals surface area contributed by atoms with E-state index in [2.05, 4.69) is 5.10 Å². The van der Waals surface area contributed by atoms with Crippen molar-refractivity contribution in [3.05, 3.63) is 50.3 Å². The maximum absolute atomic E-state index is 13.2. The molecule has 8 heteroatoms. The predicted molar refractivity (Wildman–Crippen MR) is 58.5 cm³/mol. The van der Waals surface area contributed by atoms with E-state index in [0.717, 1.165) is 4.57 Å². The summed E-state index contributed by atoms with van der Waals surface area (Å²) in [6.45, 7) is 0.307. The maximum atomic E-state index is 13.2. The van der Waals surface area contributed by atoms with E-state index in [-0.39, 0.29) is 13.1 Å². The zero-order chi connectivity index (χ0) is 12.4. The smallest absolute Gasteiger partial charge is 0.295 e. The summed E-state index contributed by atoms with van der Waals surface area (Å²) in [6.07, 6.45) is 3.24. The second kappa shape index (κ2) is 4.54. The zero-order valence-corrected chi connectivity index (χ0v) is 9.32. The molecule has 0 aromatic carbocycles. The van der Waals surface area contributed by atoms with Gasteiger partial charge < -0.3 is 0 Å². The molecule has 6 nitrogen and oxygen atoms in total. The lowest BCUT2D eigenvalue weighted by molar-refractivity contribution is 0.483. The molecule has 0 saturated carbocycles. The minimum atomic E-state index is -1.16. The topological polar surface area (TPSA) is 72.7 Å². The van der Waals surface area contributed by atoms with Crippen LogP contribution in [-0.4, -0.2) is 19.3 Å². The Balaban J connectivity index is 2.31. The molecule has 0 bridgehead atoms. The summed E-state index contributed by atoms with van der Waals surface area (Å²) in [4.78, 5) is 24.9. The summed E-state index contributed by atoms with van der Waals surface area (Å²) < 4.78 is 15.4. The van der Waals surface area contributed by atoms with E-state index >= 15 is 0 Å². The molecule has 0 amide bonds. The molecule has 0 unspecified atom stereocenters. The Hall–Kier alpha value is -1.89. The third-order valence-electron chi connectivity index (χ3n) is 2.20. The van der Waals surface area contributed by atoms with Gasteiger partial charge in [-0.3, -0.25) is 19.0 Å². The molecule has 0 fully saturated rings. The van der Waals surface area contributed by atoms with E-state index in [1.165, 1.54) is 4.68 Å². The highest BCUT2D eigenvalue weighted by atomic mass is 35.5. The van der Waals surface area contributed by atoms with Gasteiger partial charge in [-0.15, -0.1) is 0 Å². The van der Waals surface area contributed by atoms with Crippen molar-refractivity contribution >= 4 is 11.6 Å². The Morgan fingerprint density at radius 3 is 2.82 bits per heavy atom. The van der Waals surface area contributed by atoms with Crippen molar-refractivity contribution in [3.63, 3.8) is 0 Å². The lowest BCUT2D eigenvalue weighted by Gasteiger charge is -2.05. The number of nitrogens with one attached hydrogen (secondary N) is 1. The molecule has 0 aliphatic carbocycles. The molecule has 0 atom stereocenters. The van der Waals surface area contributed by atoms with Gasteiger partial charge in [-0.05, 0) is 6.07 Å². The van der Waals surface area contributed by atoms with Crippen molar-refractivity contribution in [2.45, 2.75) is 13.1 Å². The van der Waals surface area contributed by atoms with Crippen molar-refractivity contribution in [2.75, 3.05) is 0 Å². The Labute approximate surface area is 99.3 Å². The molecular formula is C9H8ClFN4O2.